The Morgan fingerprint density at radius 2 is 1.89 bits per heavy atom. The van der Waals surface area contributed by atoms with Crippen molar-refractivity contribution in [1.82, 2.24) is 10.2 Å². The van der Waals surface area contributed by atoms with Crippen LogP contribution >= 0.6 is 0 Å². The largest absolute Gasteiger partial charge is 0.407 e. The molecule has 0 spiro atoms. The summed E-state index contributed by atoms with van der Waals surface area (Å²) in [6.45, 7) is 4.30. The Balaban J connectivity index is 1.08. The van der Waals surface area contributed by atoms with Crippen LogP contribution in [-0.2, 0) is 11.2 Å². The second-order valence-corrected chi connectivity index (χ2v) is 8.51. The Bertz CT molecular complexity index is 808. The van der Waals surface area contributed by atoms with Crippen LogP contribution in [0.3, 0.4) is 0 Å². The number of rotatable bonds is 6. The lowest BCUT2D eigenvalue weighted by Gasteiger charge is -2.32. The summed E-state index contributed by atoms with van der Waals surface area (Å²) in [6, 6.07) is 17.7. The van der Waals surface area contributed by atoms with Crippen LogP contribution in [0.5, 0.6) is 0 Å². The van der Waals surface area contributed by atoms with E-state index in [1.807, 2.05) is 6.07 Å². The molecular formula is C23H28BN2O2. The molecular weight excluding hydrogens is 347 g/mol. The standard InChI is InChI=1S/C23H28BN2O2/c27-23-22-18(7-4-8-20(22)24-28-23)15-26-11-9-16(10-12-26)14-25-21-13-19(21)17-5-2-1-3-6-17/h1-8,16,19,21,23,25,27H,9-15H2/t19-,21+,23?/m0/s1. The smallest absolute Gasteiger partial charge is 0.334 e. The topological polar surface area (TPSA) is 44.7 Å². The van der Waals surface area contributed by atoms with E-state index >= 15 is 0 Å². The molecule has 0 aromatic heterocycles. The molecule has 1 saturated heterocycles. The highest BCUT2D eigenvalue weighted by Crippen LogP contribution is 2.40. The third-order valence-electron chi connectivity index (χ3n) is 6.59. The third kappa shape index (κ3) is 3.90. The summed E-state index contributed by atoms with van der Waals surface area (Å²) in [5.74, 6) is 1.49. The maximum atomic E-state index is 10.1. The number of hydrogen-bond acceptors (Lipinski definition) is 4. The molecule has 28 heavy (non-hydrogen) atoms. The van der Waals surface area contributed by atoms with E-state index in [4.69, 9.17) is 4.65 Å². The molecule has 2 N–H and O–H groups in total. The number of benzene rings is 2. The van der Waals surface area contributed by atoms with Gasteiger partial charge in [0.05, 0.1) is 0 Å². The van der Waals surface area contributed by atoms with Gasteiger partial charge in [0.25, 0.3) is 0 Å². The van der Waals surface area contributed by atoms with Crippen LogP contribution in [0.15, 0.2) is 48.5 Å². The number of fused-ring (bicyclic) bond motifs is 1. The molecule has 5 rings (SSSR count). The SMILES string of the molecule is OC1O[B]c2cccc(CN3CCC(CN[C@@H]4C[C@H]4c4ccccc4)CC3)c21. The van der Waals surface area contributed by atoms with Crippen molar-refractivity contribution in [2.75, 3.05) is 19.6 Å². The molecule has 3 aliphatic rings. The van der Waals surface area contributed by atoms with Crippen molar-refractivity contribution in [2.45, 2.75) is 44.1 Å². The molecule has 1 unspecified atom stereocenters. The van der Waals surface area contributed by atoms with Gasteiger partial charge in [0.2, 0.25) is 0 Å². The van der Waals surface area contributed by atoms with Crippen molar-refractivity contribution in [1.29, 1.82) is 0 Å². The molecule has 2 fully saturated rings. The lowest BCUT2D eigenvalue weighted by atomic mass is 9.85. The first-order valence-corrected chi connectivity index (χ1v) is 10.6. The Kier molecular flexibility index (Phi) is 5.25. The van der Waals surface area contributed by atoms with E-state index in [0.29, 0.717) is 12.0 Å². The second kappa shape index (κ2) is 8.00. The predicted octanol–water partition coefficient (Wildman–Crippen LogP) is 2.31. The maximum absolute atomic E-state index is 10.1. The van der Waals surface area contributed by atoms with Gasteiger partial charge in [0.1, 0.15) is 0 Å². The van der Waals surface area contributed by atoms with E-state index in [1.54, 1.807) is 7.48 Å². The first kappa shape index (κ1) is 18.4. The van der Waals surface area contributed by atoms with Crippen LogP contribution in [-0.4, -0.2) is 43.2 Å². The molecule has 1 aliphatic carbocycles. The monoisotopic (exact) mass is 375 g/mol. The van der Waals surface area contributed by atoms with Crippen molar-refractivity contribution in [3.8, 4) is 0 Å². The van der Waals surface area contributed by atoms with Crippen LogP contribution in [0.4, 0.5) is 0 Å². The summed E-state index contributed by atoms with van der Waals surface area (Å²) >= 11 is 0. The average Bonchev–Trinajstić information content (AvgIpc) is 3.42. The lowest BCUT2D eigenvalue weighted by molar-refractivity contribution is -0.00909. The van der Waals surface area contributed by atoms with Gasteiger partial charge in [-0.1, -0.05) is 48.5 Å². The zero-order valence-electron chi connectivity index (χ0n) is 16.3. The molecule has 1 radical (unpaired) electrons. The van der Waals surface area contributed by atoms with E-state index in [1.165, 1.54) is 30.4 Å². The van der Waals surface area contributed by atoms with Gasteiger partial charge in [-0.15, -0.1) is 0 Å². The third-order valence-corrected chi connectivity index (χ3v) is 6.59. The second-order valence-electron chi connectivity index (χ2n) is 8.51. The number of aliphatic hydroxyl groups is 1. The fraction of sp³-hybridized carbons (Fsp3) is 0.478. The van der Waals surface area contributed by atoms with Crippen LogP contribution in [0.2, 0.25) is 0 Å². The van der Waals surface area contributed by atoms with Crippen LogP contribution < -0.4 is 10.8 Å². The Morgan fingerprint density at radius 3 is 2.71 bits per heavy atom. The average molecular weight is 375 g/mol. The number of nitrogens with one attached hydrogen (secondary N) is 1. The molecule has 2 aliphatic heterocycles. The van der Waals surface area contributed by atoms with Gasteiger partial charge in [0, 0.05) is 24.1 Å². The summed E-state index contributed by atoms with van der Waals surface area (Å²) in [7, 11) is 1.67. The highest BCUT2D eigenvalue weighted by molar-refractivity contribution is 6.49. The number of likely N-dealkylation sites (tertiary alicyclic amines) is 1. The van der Waals surface area contributed by atoms with E-state index in [-0.39, 0.29) is 0 Å². The van der Waals surface area contributed by atoms with Gasteiger partial charge in [-0.3, -0.25) is 4.90 Å². The fourth-order valence-corrected chi connectivity index (χ4v) is 4.78. The quantitative estimate of drug-likeness (QED) is 0.761. The summed E-state index contributed by atoms with van der Waals surface area (Å²) in [5, 5.41) is 13.9. The highest BCUT2D eigenvalue weighted by Gasteiger charge is 2.38. The van der Waals surface area contributed by atoms with Crippen molar-refractivity contribution < 1.29 is 9.76 Å². The summed E-state index contributed by atoms with van der Waals surface area (Å²) in [6.07, 6.45) is 2.97. The molecule has 0 amide bonds. The Hall–Kier alpha value is -1.66. The number of piperidine rings is 1. The number of nitrogens with zero attached hydrogens (tertiary/aromatic N) is 1. The van der Waals surface area contributed by atoms with Crippen molar-refractivity contribution in [2.24, 2.45) is 5.92 Å². The van der Waals surface area contributed by atoms with E-state index in [9.17, 15) is 5.11 Å². The lowest BCUT2D eigenvalue weighted by Crippen LogP contribution is -2.37. The molecule has 2 aromatic carbocycles. The molecule has 3 atom stereocenters. The zero-order valence-corrected chi connectivity index (χ0v) is 16.3. The summed E-state index contributed by atoms with van der Waals surface area (Å²) < 4.78 is 5.27. The highest BCUT2D eigenvalue weighted by atomic mass is 16.6. The van der Waals surface area contributed by atoms with Crippen LogP contribution in [0.1, 0.15) is 48.2 Å². The Morgan fingerprint density at radius 1 is 1.07 bits per heavy atom. The molecule has 2 aromatic rings. The molecule has 5 heteroatoms. The molecule has 145 valence electrons. The van der Waals surface area contributed by atoms with E-state index in [0.717, 1.165) is 43.1 Å². The van der Waals surface area contributed by atoms with Gasteiger partial charge < -0.3 is 15.1 Å². The van der Waals surface area contributed by atoms with E-state index in [2.05, 4.69) is 52.7 Å². The van der Waals surface area contributed by atoms with Crippen molar-refractivity contribution in [3.63, 3.8) is 0 Å². The Labute approximate surface area is 168 Å². The normalized spacial score (nSPS) is 27.4. The van der Waals surface area contributed by atoms with Crippen LogP contribution in [0.25, 0.3) is 0 Å². The van der Waals surface area contributed by atoms with Crippen molar-refractivity contribution >= 4 is 12.9 Å². The maximum Gasteiger partial charge on any atom is 0.334 e. The van der Waals surface area contributed by atoms with Crippen LogP contribution in [0, 0.1) is 5.92 Å². The minimum atomic E-state index is -0.802. The first-order valence-electron chi connectivity index (χ1n) is 10.6. The molecule has 1 saturated carbocycles. The van der Waals surface area contributed by atoms with Gasteiger partial charge in [-0.25, -0.2) is 0 Å². The number of aliphatic hydroxyl groups excluding tert-OH is 1. The molecule has 0 bridgehead atoms. The van der Waals surface area contributed by atoms with Crippen molar-refractivity contribution in [3.05, 3.63) is 65.2 Å². The predicted molar refractivity (Wildman–Crippen MR) is 111 cm³/mol. The van der Waals surface area contributed by atoms with E-state index < -0.39 is 6.29 Å². The first-order chi connectivity index (χ1) is 13.8. The van der Waals surface area contributed by atoms with Gasteiger partial charge in [0.15, 0.2) is 6.29 Å². The zero-order chi connectivity index (χ0) is 18.9. The minimum absolute atomic E-state index is 0.671. The summed E-state index contributed by atoms with van der Waals surface area (Å²) in [4.78, 5) is 2.51. The molecule has 2 heterocycles. The molecule has 4 nitrogen and oxygen atoms in total. The minimum Gasteiger partial charge on any atom is -0.407 e. The van der Waals surface area contributed by atoms with Gasteiger partial charge >= 0.3 is 7.48 Å². The number of hydrogen-bond donors (Lipinski definition) is 2. The van der Waals surface area contributed by atoms with Gasteiger partial charge in [-0.2, -0.15) is 0 Å². The fourth-order valence-electron chi connectivity index (χ4n) is 4.78. The summed E-state index contributed by atoms with van der Waals surface area (Å²) in [5.41, 5.74) is 4.64. The van der Waals surface area contributed by atoms with Gasteiger partial charge in [-0.05, 0) is 61.4 Å².